The van der Waals surface area contributed by atoms with Gasteiger partial charge in [-0.05, 0) is 23.8 Å². The van der Waals surface area contributed by atoms with Gasteiger partial charge >= 0.3 is 11.9 Å². The van der Waals surface area contributed by atoms with Crippen LogP contribution in [0.15, 0.2) is 71.2 Å². The normalized spacial score (nSPS) is 15.9. The summed E-state index contributed by atoms with van der Waals surface area (Å²) in [6.07, 6.45) is 0. The Morgan fingerprint density at radius 3 is 2.33 bits per heavy atom. The minimum atomic E-state index is -0.917. The van der Waals surface area contributed by atoms with Crippen LogP contribution in [0.1, 0.15) is 37.1 Å². The highest BCUT2D eigenvalue weighted by molar-refractivity contribution is 6.06. The predicted octanol–water partition coefficient (Wildman–Crippen LogP) is 3.59. The lowest BCUT2D eigenvalue weighted by Gasteiger charge is -2.35. The molecule has 0 fully saturated rings. The number of hydrogen-bond acceptors (Lipinski definition) is 8. The zero-order valence-electron chi connectivity index (χ0n) is 20.8. The summed E-state index contributed by atoms with van der Waals surface area (Å²) in [6.45, 7) is 4.11. The second-order valence-electron chi connectivity index (χ2n) is 8.69. The molecule has 9 heteroatoms. The number of fused-ring (bicyclic) bond motifs is 1. The maximum atomic E-state index is 13.2. The van der Waals surface area contributed by atoms with Gasteiger partial charge in [0, 0.05) is 13.0 Å². The average Bonchev–Trinajstić information content (AvgIpc) is 3.23. The fourth-order valence-electron chi connectivity index (χ4n) is 4.64. The summed E-state index contributed by atoms with van der Waals surface area (Å²) in [4.78, 5) is 32.5. The Kier molecular flexibility index (Phi) is 6.53. The first-order valence-corrected chi connectivity index (χ1v) is 11.4. The average molecular weight is 486 g/mol. The van der Waals surface area contributed by atoms with Crippen molar-refractivity contribution in [3.63, 3.8) is 0 Å². The summed E-state index contributed by atoms with van der Waals surface area (Å²) in [7, 11) is 4.38. The molecule has 1 aromatic heterocycles. The van der Waals surface area contributed by atoms with Gasteiger partial charge in [0.15, 0.2) is 0 Å². The van der Waals surface area contributed by atoms with Crippen LogP contribution < -0.4 is 10.6 Å². The Balaban J connectivity index is 2.04. The first-order chi connectivity index (χ1) is 17.2. The number of allylic oxidation sites excluding steroid dienone is 1. The van der Waals surface area contributed by atoms with E-state index in [1.54, 1.807) is 36.4 Å². The fraction of sp³-hybridized carbons (Fsp3) is 0.259. The Morgan fingerprint density at radius 2 is 1.75 bits per heavy atom. The molecule has 0 bridgehead atoms. The first kappa shape index (κ1) is 24.5. The van der Waals surface area contributed by atoms with E-state index in [1.165, 1.54) is 19.1 Å². The molecule has 1 unspecified atom stereocenters. The number of anilines is 1. The van der Waals surface area contributed by atoms with Crippen LogP contribution in [-0.4, -0.2) is 35.7 Å². The van der Waals surface area contributed by atoms with E-state index >= 15 is 0 Å². The summed E-state index contributed by atoms with van der Waals surface area (Å²) < 4.78 is 12.2. The number of rotatable bonds is 5. The summed E-state index contributed by atoms with van der Waals surface area (Å²) in [5.74, 6) is -1.38. The number of hydrogen-bond donors (Lipinski definition) is 1. The van der Waals surface area contributed by atoms with Crippen molar-refractivity contribution in [2.24, 2.45) is 12.8 Å². The van der Waals surface area contributed by atoms with Gasteiger partial charge in [0.25, 0.3) is 0 Å². The van der Waals surface area contributed by atoms with Crippen LogP contribution >= 0.6 is 0 Å². The van der Waals surface area contributed by atoms with Gasteiger partial charge in [-0.1, -0.05) is 44.2 Å². The number of methoxy groups -OCH3 is 2. The van der Waals surface area contributed by atoms with Gasteiger partial charge in [0.1, 0.15) is 17.3 Å². The van der Waals surface area contributed by atoms with E-state index in [0.29, 0.717) is 16.8 Å². The van der Waals surface area contributed by atoms with Crippen molar-refractivity contribution in [2.75, 3.05) is 19.1 Å². The van der Waals surface area contributed by atoms with Crippen molar-refractivity contribution in [3.05, 3.63) is 82.6 Å². The van der Waals surface area contributed by atoms with Crippen molar-refractivity contribution < 1.29 is 19.1 Å². The van der Waals surface area contributed by atoms with Crippen molar-refractivity contribution >= 4 is 28.7 Å². The Labute approximate surface area is 209 Å². The zero-order valence-corrected chi connectivity index (χ0v) is 20.8. The van der Waals surface area contributed by atoms with Crippen LogP contribution in [0, 0.1) is 11.3 Å². The highest BCUT2D eigenvalue weighted by atomic mass is 16.5. The third-order valence-electron chi connectivity index (χ3n) is 6.28. The first-order valence-electron chi connectivity index (χ1n) is 11.4. The molecule has 9 nitrogen and oxygen atoms in total. The number of aromatic nitrogens is 2. The van der Waals surface area contributed by atoms with Gasteiger partial charge in [-0.25, -0.2) is 14.6 Å². The molecule has 3 aromatic rings. The quantitative estimate of drug-likeness (QED) is 0.544. The van der Waals surface area contributed by atoms with Crippen LogP contribution in [0.25, 0.3) is 11.0 Å². The molecule has 0 saturated heterocycles. The molecule has 0 spiro atoms. The number of ether oxygens (including phenoxy) is 2. The molecule has 0 aliphatic carbocycles. The molecule has 2 aromatic carbocycles. The van der Waals surface area contributed by atoms with Crippen molar-refractivity contribution in [2.45, 2.75) is 25.7 Å². The number of carbonyl (C=O) groups is 2. The van der Waals surface area contributed by atoms with E-state index in [1.807, 2.05) is 23.7 Å². The van der Waals surface area contributed by atoms with E-state index in [2.05, 4.69) is 19.9 Å². The smallest absolute Gasteiger partial charge is 0.355 e. The highest BCUT2D eigenvalue weighted by Crippen LogP contribution is 2.43. The third kappa shape index (κ3) is 3.86. The van der Waals surface area contributed by atoms with Gasteiger partial charge in [-0.3, -0.25) is 4.90 Å². The van der Waals surface area contributed by atoms with Crippen molar-refractivity contribution in [1.29, 1.82) is 5.26 Å². The van der Waals surface area contributed by atoms with Crippen molar-refractivity contribution in [3.8, 4) is 6.07 Å². The van der Waals surface area contributed by atoms with Gasteiger partial charge < -0.3 is 19.8 Å². The van der Waals surface area contributed by atoms with Gasteiger partial charge in [0.2, 0.25) is 0 Å². The zero-order chi connectivity index (χ0) is 26.1. The number of esters is 2. The highest BCUT2D eigenvalue weighted by Gasteiger charge is 2.43. The number of imidazole rings is 1. The molecule has 0 radical (unpaired) electrons. The standard InChI is InChI=1S/C27H27N5O4/c1-15(2)25-30-19-13-17(11-12-20(19)31(25)3)32-23(27(34)36-5)22(26(33)35-4)21(18(14-28)24(32)29)16-9-7-6-8-10-16/h6-13,15,21H,29H2,1-5H3. The van der Waals surface area contributed by atoms with Crippen LogP contribution in [0.2, 0.25) is 0 Å². The molecule has 1 atom stereocenters. The van der Waals surface area contributed by atoms with Crippen LogP contribution in [-0.2, 0) is 26.1 Å². The number of nitriles is 1. The van der Waals surface area contributed by atoms with Gasteiger partial charge in [-0.2, -0.15) is 5.26 Å². The molecule has 2 N–H and O–H groups in total. The van der Waals surface area contributed by atoms with E-state index < -0.39 is 17.9 Å². The molecule has 2 heterocycles. The number of carbonyl (C=O) groups excluding carboxylic acids is 2. The summed E-state index contributed by atoms with van der Waals surface area (Å²) in [5.41, 5.74) is 9.16. The molecule has 1 aliphatic rings. The third-order valence-corrected chi connectivity index (χ3v) is 6.28. The van der Waals surface area contributed by atoms with E-state index in [9.17, 15) is 14.9 Å². The second kappa shape index (κ2) is 9.58. The number of nitrogens with two attached hydrogens (primary N) is 1. The number of nitrogens with zero attached hydrogens (tertiary/aromatic N) is 4. The Bertz CT molecular complexity index is 1460. The summed E-state index contributed by atoms with van der Waals surface area (Å²) >= 11 is 0. The maximum absolute atomic E-state index is 13.2. The number of benzene rings is 2. The molecule has 184 valence electrons. The van der Waals surface area contributed by atoms with Gasteiger partial charge in [0.05, 0.1) is 54.1 Å². The largest absolute Gasteiger partial charge is 0.466 e. The summed E-state index contributed by atoms with van der Waals surface area (Å²) in [6, 6.07) is 16.4. The minimum Gasteiger partial charge on any atom is -0.466 e. The monoisotopic (exact) mass is 485 g/mol. The molecule has 36 heavy (non-hydrogen) atoms. The topological polar surface area (TPSA) is 123 Å². The second-order valence-corrected chi connectivity index (χ2v) is 8.69. The van der Waals surface area contributed by atoms with E-state index in [0.717, 1.165) is 11.3 Å². The van der Waals surface area contributed by atoms with Gasteiger partial charge in [-0.15, -0.1) is 0 Å². The Hall–Kier alpha value is -4.58. The van der Waals surface area contributed by atoms with Crippen LogP contribution in [0.4, 0.5) is 5.69 Å². The van der Waals surface area contributed by atoms with Crippen LogP contribution in [0.3, 0.4) is 0 Å². The lowest BCUT2D eigenvalue weighted by atomic mass is 9.81. The maximum Gasteiger partial charge on any atom is 0.355 e. The lowest BCUT2D eigenvalue weighted by molar-refractivity contribution is -0.139. The minimum absolute atomic E-state index is 0.0128. The van der Waals surface area contributed by atoms with E-state index in [4.69, 9.17) is 20.2 Å². The fourth-order valence-corrected chi connectivity index (χ4v) is 4.64. The number of aryl methyl sites for hydroxylation is 1. The lowest BCUT2D eigenvalue weighted by Crippen LogP contribution is -2.40. The SMILES string of the molecule is COC(=O)C1=C(C(=O)OC)N(c2ccc3c(c2)nc(C(C)C)n3C)C(N)=C(C#N)C1c1ccccc1. The molecular weight excluding hydrogens is 458 g/mol. The Morgan fingerprint density at radius 1 is 1.08 bits per heavy atom. The molecule has 0 amide bonds. The molecule has 0 saturated carbocycles. The van der Waals surface area contributed by atoms with Crippen LogP contribution in [0.5, 0.6) is 0 Å². The van der Waals surface area contributed by atoms with E-state index in [-0.39, 0.29) is 28.6 Å². The molecule has 4 rings (SSSR count). The molecular formula is C27H27N5O4. The van der Waals surface area contributed by atoms with Crippen molar-refractivity contribution in [1.82, 2.24) is 9.55 Å². The molecule has 1 aliphatic heterocycles. The predicted molar refractivity (Wildman–Crippen MR) is 134 cm³/mol. The summed E-state index contributed by atoms with van der Waals surface area (Å²) in [5, 5.41) is 10.2.